The summed E-state index contributed by atoms with van der Waals surface area (Å²) in [5, 5.41) is 0. The first-order chi connectivity index (χ1) is 10.4. The van der Waals surface area contributed by atoms with E-state index >= 15 is 0 Å². The van der Waals surface area contributed by atoms with Gasteiger partial charge in [-0.05, 0) is 54.2 Å². The highest BCUT2D eigenvalue weighted by Crippen LogP contribution is 2.49. The van der Waals surface area contributed by atoms with E-state index in [4.69, 9.17) is 9.47 Å². The van der Waals surface area contributed by atoms with Crippen molar-refractivity contribution < 1.29 is 9.47 Å². The smallest absolute Gasteiger partial charge is 0.145 e. The zero-order valence-corrected chi connectivity index (χ0v) is 12.1. The molecule has 2 aliphatic rings. The van der Waals surface area contributed by atoms with Crippen molar-refractivity contribution in [2.75, 3.05) is 7.11 Å². The molecule has 0 fully saturated rings. The van der Waals surface area contributed by atoms with Crippen LogP contribution < -0.4 is 9.47 Å². The number of benzene rings is 2. The molecule has 0 spiro atoms. The first-order valence-corrected chi connectivity index (χ1v) is 7.49. The number of fused-ring (bicyclic) bond motifs is 2. The van der Waals surface area contributed by atoms with Gasteiger partial charge in [0.1, 0.15) is 17.6 Å². The first-order valence-electron chi connectivity index (χ1n) is 7.49. The minimum atomic E-state index is 0.0586. The maximum Gasteiger partial charge on any atom is 0.145 e. The minimum absolute atomic E-state index is 0.0586. The molecule has 1 aliphatic carbocycles. The van der Waals surface area contributed by atoms with E-state index in [2.05, 4.69) is 30.3 Å². The number of para-hydroxylation sites is 1. The molecule has 4 rings (SSSR count). The Kier molecular flexibility index (Phi) is 2.95. The molecule has 21 heavy (non-hydrogen) atoms. The monoisotopic (exact) mass is 278 g/mol. The van der Waals surface area contributed by atoms with Gasteiger partial charge in [0, 0.05) is 5.56 Å². The molecule has 2 nitrogen and oxygen atoms in total. The van der Waals surface area contributed by atoms with E-state index in [-0.39, 0.29) is 6.10 Å². The summed E-state index contributed by atoms with van der Waals surface area (Å²) in [6.07, 6.45) is 3.60. The molecule has 106 valence electrons. The van der Waals surface area contributed by atoms with E-state index in [0.717, 1.165) is 17.9 Å². The lowest BCUT2D eigenvalue weighted by Gasteiger charge is -2.29. The number of ether oxygens (including phenoxy) is 2. The van der Waals surface area contributed by atoms with Crippen LogP contribution in [0.25, 0.3) is 5.57 Å². The number of rotatable bonds is 2. The van der Waals surface area contributed by atoms with Gasteiger partial charge in [-0.3, -0.25) is 0 Å². The zero-order valence-electron chi connectivity index (χ0n) is 12.1. The van der Waals surface area contributed by atoms with Crippen LogP contribution in [0.1, 0.15) is 36.5 Å². The molecule has 0 N–H and O–H groups in total. The average Bonchev–Trinajstić information content (AvgIpc) is 3.04. The molecule has 0 saturated carbocycles. The second-order valence-corrected chi connectivity index (χ2v) is 5.62. The van der Waals surface area contributed by atoms with E-state index in [9.17, 15) is 0 Å². The Hall–Kier alpha value is -2.22. The molecule has 2 heteroatoms. The SMILES string of the molecule is COc1ccc([C@H]2Oc3ccccc3C3=C2CCC3)cc1. The third-order valence-corrected chi connectivity index (χ3v) is 4.45. The van der Waals surface area contributed by atoms with Crippen LogP contribution in [0.2, 0.25) is 0 Å². The summed E-state index contributed by atoms with van der Waals surface area (Å²) in [7, 11) is 1.69. The number of hydrogen-bond acceptors (Lipinski definition) is 2. The molecular formula is C19H18O2. The van der Waals surface area contributed by atoms with Gasteiger partial charge in [0.05, 0.1) is 7.11 Å². The fourth-order valence-corrected chi connectivity index (χ4v) is 3.43. The van der Waals surface area contributed by atoms with Gasteiger partial charge in [0.15, 0.2) is 0 Å². The minimum Gasteiger partial charge on any atom is -0.497 e. The van der Waals surface area contributed by atoms with Gasteiger partial charge in [-0.2, -0.15) is 0 Å². The summed E-state index contributed by atoms with van der Waals surface area (Å²) in [5.41, 5.74) is 5.45. The molecule has 0 saturated heterocycles. The van der Waals surface area contributed by atoms with Crippen LogP contribution >= 0.6 is 0 Å². The fraction of sp³-hybridized carbons (Fsp3) is 0.263. The van der Waals surface area contributed by atoms with E-state index in [1.165, 1.54) is 35.1 Å². The van der Waals surface area contributed by atoms with E-state index in [1.807, 2.05) is 18.2 Å². The molecule has 2 aromatic rings. The summed E-state index contributed by atoms with van der Waals surface area (Å²) in [6.45, 7) is 0. The molecule has 0 amide bonds. The van der Waals surface area contributed by atoms with Gasteiger partial charge >= 0.3 is 0 Å². The molecule has 1 atom stereocenters. The predicted octanol–water partition coefficient (Wildman–Crippen LogP) is 4.77. The molecular weight excluding hydrogens is 260 g/mol. The summed E-state index contributed by atoms with van der Waals surface area (Å²) < 4.78 is 11.6. The van der Waals surface area contributed by atoms with Crippen molar-refractivity contribution in [3.05, 3.63) is 65.2 Å². The molecule has 0 unspecified atom stereocenters. The maximum atomic E-state index is 6.31. The van der Waals surface area contributed by atoms with Crippen LogP contribution in [-0.4, -0.2) is 7.11 Å². The van der Waals surface area contributed by atoms with Crippen molar-refractivity contribution in [1.82, 2.24) is 0 Å². The summed E-state index contributed by atoms with van der Waals surface area (Å²) >= 11 is 0. The largest absolute Gasteiger partial charge is 0.497 e. The van der Waals surface area contributed by atoms with Gasteiger partial charge in [0.2, 0.25) is 0 Å². The zero-order chi connectivity index (χ0) is 14.2. The molecule has 1 heterocycles. The van der Waals surface area contributed by atoms with Gasteiger partial charge in [0.25, 0.3) is 0 Å². The lowest BCUT2D eigenvalue weighted by atomic mass is 9.91. The van der Waals surface area contributed by atoms with Gasteiger partial charge in [-0.15, -0.1) is 0 Å². The second kappa shape index (κ2) is 4.96. The molecule has 0 bridgehead atoms. The Balaban J connectivity index is 1.78. The van der Waals surface area contributed by atoms with Crippen LogP contribution in [0.15, 0.2) is 54.1 Å². The van der Waals surface area contributed by atoms with Crippen molar-refractivity contribution in [3.63, 3.8) is 0 Å². The van der Waals surface area contributed by atoms with Crippen molar-refractivity contribution in [1.29, 1.82) is 0 Å². The van der Waals surface area contributed by atoms with E-state index < -0.39 is 0 Å². The van der Waals surface area contributed by atoms with Crippen molar-refractivity contribution in [2.24, 2.45) is 0 Å². The molecule has 2 aromatic carbocycles. The van der Waals surface area contributed by atoms with Crippen molar-refractivity contribution >= 4 is 5.57 Å². The lowest BCUT2D eigenvalue weighted by molar-refractivity contribution is 0.235. The third-order valence-electron chi connectivity index (χ3n) is 4.45. The molecule has 0 radical (unpaired) electrons. The van der Waals surface area contributed by atoms with Crippen molar-refractivity contribution in [3.8, 4) is 11.5 Å². The van der Waals surface area contributed by atoms with E-state index in [1.54, 1.807) is 7.11 Å². The number of allylic oxidation sites excluding steroid dienone is 1. The molecule has 0 aromatic heterocycles. The van der Waals surface area contributed by atoms with Crippen LogP contribution in [-0.2, 0) is 0 Å². The molecule has 1 aliphatic heterocycles. The lowest BCUT2D eigenvalue weighted by Crippen LogP contribution is -2.15. The maximum absolute atomic E-state index is 6.31. The van der Waals surface area contributed by atoms with Gasteiger partial charge < -0.3 is 9.47 Å². The normalized spacial score (nSPS) is 19.8. The van der Waals surface area contributed by atoms with Gasteiger partial charge in [-0.1, -0.05) is 30.3 Å². The summed E-state index contributed by atoms with van der Waals surface area (Å²) in [6, 6.07) is 16.6. The summed E-state index contributed by atoms with van der Waals surface area (Å²) in [4.78, 5) is 0. The Morgan fingerprint density at radius 2 is 1.81 bits per heavy atom. The Labute approximate surface area is 125 Å². The topological polar surface area (TPSA) is 18.5 Å². The second-order valence-electron chi connectivity index (χ2n) is 5.62. The van der Waals surface area contributed by atoms with E-state index in [0.29, 0.717) is 0 Å². The Morgan fingerprint density at radius 1 is 1.00 bits per heavy atom. The Bertz CT molecular complexity index is 698. The summed E-state index contributed by atoms with van der Waals surface area (Å²) in [5.74, 6) is 1.90. The standard InChI is InChI=1S/C19H18O2/c1-20-14-11-9-13(10-12-14)19-17-7-4-6-15(17)16-5-2-3-8-18(16)21-19/h2-3,5,8-12,19H,4,6-7H2,1H3/t19-/m1/s1. The van der Waals surface area contributed by atoms with Gasteiger partial charge in [-0.25, -0.2) is 0 Å². The van der Waals surface area contributed by atoms with Crippen molar-refractivity contribution in [2.45, 2.75) is 25.4 Å². The highest BCUT2D eigenvalue weighted by Gasteiger charge is 2.32. The average molecular weight is 278 g/mol. The Morgan fingerprint density at radius 3 is 2.62 bits per heavy atom. The quantitative estimate of drug-likeness (QED) is 0.788. The third kappa shape index (κ3) is 2.02. The van der Waals surface area contributed by atoms with Crippen LogP contribution in [0.4, 0.5) is 0 Å². The first kappa shape index (κ1) is 12.5. The van der Waals surface area contributed by atoms with Crippen LogP contribution in [0.3, 0.4) is 0 Å². The van der Waals surface area contributed by atoms with Crippen LogP contribution in [0, 0.1) is 0 Å². The fourth-order valence-electron chi connectivity index (χ4n) is 3.43. The predicted molar refractivity (Wildman–Crippen MR) is 83.6 cm³/mol. The highest BCUT2D eigenvalue weighted by molar-refractivity contribution is 5.77. The highest BCUT2D eigenvalue weighted by atomic mass is 16.5. The number of methoxy groups -OCH3 is 1. The number of hydrogen-bond donors (Lipinski definition) is 0. The van der Waals surface area contributed by atoms with Crippen LogP contribution in [0.5, 0.6) is 11.5 Å².